The molecule has 3 fully saturated rings. The van der Waals surface area contributed by atoms with Crippen LogP contribution in [0.25, 0.3) is 0 Å². The molecule has 4 aliphatic rings. The molecule has 35 heavy (non-hydrogen) atoms. The lowest BCUT2D eigenvalue weighted by Crippen LogP contribution is -2.57. The second kappa shape index (κ2) is 9.66. The Balaban J connectivity index is 1.35. The first-order valence-electron chi connectivity index (χ1n) is 13.0. The van der Waals surface area contributed by atoms with E-state index in [0.29, 0.717) is 35.3 Å². The molecule has 6 nitrogen and oxygen atoms in total. The summed E-state index contributed by atoms with van der Waals surface area (Å²) >= 11 is 1.39. The topological polar surface area (TPSA) is 69.9 Å². The molecule has 0 aromatic heterocycles. The number of rotatable bonds is 5. The Morgan fingerprint density at radius 1 is 1.11 bits per heavy atom. The second-order valence-electron chi connectivity index (χ2n) is 11.0. The fraction of sp³-hybridized carbons (Fsp3) is 0.571. The standard InChI is InChI=1S/C28H38N4O2S/c1-19(2)35-26(20(3)29)27(34)31-16-21-6-4-5-7-25(21)28(17-31)10-12-30(13-11-28)24-14-22-8-9-23(15-24)32(22)18-33/h4-7,18,22-24H,1,8-17,29H2,2-3H3/b26-20-. The number of hydrogen-bond donors (Lipinski definition) is 1. The van der Waals surface area contributed by atoms with Crippen molar-refractivity contribution >= 4 is 24.1 Å². The molecule has 7 heteroatoms. The van der Waals surface area contributed by atoms with E-state index in [1.165, 1.54) is 22.9 Å². The molecule has 3 saturated heterocycles. The lowest BCUT2D eigenvalue weighted by atomic mass is 9.68. The Kier molecular flexibility index (Phi) is 6.75. The van der Waals surface area contributed by atoms with Crippen LogP contribution in [0.5, 0.6) is 0 Å². The van der Waals surface area contributed by atoms with Gasteiger partial charge in [-0.15, -0.1) is 0 Å². The van der Waals surface area contributed by atoms with Gasteiger partial charge in [-0.1, -0.05) is 42.6 Å². The van der Waals surface area contributed by atoms with Gasteiger partial charge in [-0.05, 0) is 81.5 Å². The fourth-order valence-electron chi connectivity index (χ4n) is 7.04. The van der Waals surface area contributed by atoms with Gasteiger partial charge < -0.3 is 20.4 Å². The molecule has 1 spiro atoms. The first kappa shape index (κ1) is 24.4. The zero-order valence-corrected chi connectivity index (χ0v) is 21.9. The van der Waals surface area contributed by atoms with Gasteiger partial charge in [0.1, 0.15) is 0 Å². The average molecular weight is 495 g/mol. The van der Waals surface area contributed by atoms with Crippen molar-refractivity contribution in [3.05, 3.63) is 57.5 Å². The Bertz CT molecular complexity index is 1030. The van der Waals surface area contributed by atoms with Gasteiger partial charge >= 0.3 is 0 Å². The SMILES string of the molecule is C=C(C)S/C(C(=O)N1Cc2ccccc2C2(CCN(C3CC4CCC(C3)N4C=O)CC2)C1)=C(/C)N. The summed E-state index contributed by atoms with van der Waals surface area (Å²) in [6.45, 7) is 11.1. The maximum atomic E-state index is 13.6. The van der Waals surface area contributed by atoms with Crippen LogP contribution in [-0.4, -0.2) is 64.8 Å². The number of likely N-dealkylation sites (tertiary alicyclic amines) is 1. The number of piperidine rings is 2. The van der Waals surface area contributed by atoms with Crippen molar-refractivity contribution in [3.63, 3.8) is 0 Å². The van der Waals surface area contributed by atoms with Gasteiger partial charge in [-0.3, -0.25) is 9.59 Å². The summed E-state index contributed by atoms with van der Waals surface area (Å²) < 4.78 is 0. The molecule has 1 aromatic carbocycles. The van der Waals surface area contributed by atoms with Gasteiger partial charge in [0.2, 0.25) is 6.41 Å². The minimum Gasteiger partial charge on any atom is -0.401 e. The Morgan fingerprint density at radius 3 is 2.37 bits per heavy atom. The van der Waals surface area contributed by atoms with E-state index in [-0.39, 0.29) is 11.3 Å². The minimum absolute atomic E-state index is 0.0205. The van der Waals surface area contributed by atoms with Gasteiger partial charge in [-0.25, -0.2) is 0 Å². The van der Waals surface area contributed by atoms with Gasteiger partial charge in [0.25, 0.3) is 5.91 Å². The third-order valence-electron chi connectivity index (χ3n) is 8.72. The molecule has 0 radical (unpaired) electrons. The summed E-state index contributed by atoms with van der Waals surface area (Å²) in [4.78, 5) is 33.4. The number of thioether (sulfide) groups is 1. The highest BCUT2D eigenvalue weighted by molar-refractivity contribution is 8.07. The number of carbonyl (C=O) groups excluding carboxylic acids is 2. The molecule has 4 aliphatic heterocycles. The van der Waals surface area contributed by atoms with Crippen LogP contribution in [0.1, 0.15) is 63.5 Å². The lowest BCUT2D eigenvalue weighted by molar-refractivity contribution is -0.129. The van der Waals surface area contributed by atoms with E-state index in [9.17, 15) is 9.59 Å². The molecule has 2 unspecified atom stereocenters. The molecule has 0 aliphatic carbocycles. The molecule has 188 valence electrons. The number of allylic oxidation sites excluding steroid dienone is 2. The van der Waals surface area contributed by atoms with Crippen LogP contribution in [0.15, 0.2) is 46.4 Å². The predicted octanol–water partition coefficient (Wildman–Crippen LogP) is 3.97. The average Bonchev–Trinajstić information content (AvgIpc) is 3.09. The van der Waals surface area contributed by atoms with Gasteiger partial charge in [0, 0.05) is 42.3 Å². The highest BCUT2D eigenvalue weighted by Crippen LogP contribution is 2.45. The summed E-state index contributed by atoms with van der Waals surface area (Å²) in [5, 5.41) is 0. The second-order valence-corrected chi connectivity index (χ2v) is 12.3. The van der Waals surface area contributed by atoms with E-state index < -0.39 is 0 Å². The molecule has 5 rings (SSSR count). The molecular formula is C28H38N4O2S. The number of carbonyl (C=O) groups is 2. The minimum atomic E-state index is -0.0228. The van der Waals surface area contributed by atoms with Crippen LogP contribution < -0.4 is 5.73 Å². The molecule has 1 aromatic rings. The molecule has 2 bridgehead atoms. The zero-order valence-electron chi connectivity index (χ0n) is 21.0. The number of nitrogens with two attached hydrogens (primary N) is 1. The monoisotopic (exact) mass is 494 g/mol. The van der Waals surface area contributed by atoms with Crippen molar-refractivity contribution in [2.75, 3.05) is 19.6 Å². The third kappa shape index (κ3) is 4.53. The molecule has 0 saturated carbocycles. The number of benzene rings is 1. The summed E-state index contributed by atoms with van der Waals surface area (Å²) in [5.74, 6) is 0.0205. The van der Waals surface area contributed by atoms with Crippen molar-refractivity contribution in [2.45, 2.75) is 82.5 Å². The van der Waals surface area contributed by atoms with E-state index in [1.54, 1.807) is 6.92 Å². The van der Waals surface area contributed by atoms with Crippen LogP contribution in [0.3, 0.4) is 0 Å². The lowest BCUT2D eigenvalue weighted by Gasteiger charge is -2.51. The number of fused-ring (bicyclic) bond motifs is 4. The maximum Gasteiger partial charge on any atom is 0.262 e. The highest BCUT2D eigenvalue weighted by Gasteiger charge is 2.47. The molecule has 2 N–H and O–H groups in total. The first-order valence-corrected chi connectivity index (χ1v) is 13.8. The van der Waals surface area contributed by atoms with Gasteiger partial charge in [0.15, 0.2) is 0 Å². The molecule has 2 amide bonds. The quantitative estimate of drug-likeness (QED) is 0.496. The Labute approximate surface area is 213 Å². The largest absolute Gasteiger partial charge is 0.401 e. The van der Waals surface area contributed by atoms with Crippen LogP contribution >= 0.6 is 11.8 Å². The van der Waals surface area contributed by atoms with Gasteiger partial charge in [-0.2, -0.15) is 0 Å². The zero-order chi connectivity index (χ0) is 24.7. The van der Waals surface area contributed by atoms with Gasteiger partial charge in [0.05, 0.1) is 4.91 Å². The van der Waals surface area contributed by atoms with Crippen molar-refractivity contribution in [2.24, 2.45) is 5.73 Å². The summed E-state index contributed by atoms with van der Waals surface area (Å²) in [6, 6.07) is 10.1. The number of amides is 2. The van der Waals surface area contributed by atoms with E-state index in [4.69, 9.17) is 5.73 Å². The van der Waals surface area contributed by atoms with E-state index in [2.05, 4.69) is 40.6 Å². The fourth-order valence-corrected chi connectivity index (χ4v) is 7.77. The van der Waals surface area contributed by atoms with Crippen molar-refractivity contribution in [1.29, 1.82) is 0 Å². The predicted molar refractivity (Wildman–Crippen MR) is 141 cm³/mol. The first-order chi connectivity index (χ1) is 16.8. The van der Waals surface area contributed by atoms with Crippen molar-refractivity contribution in [3.8, 4) is 0 Å². The highest BCUT2D eigenvalue weighted by atomic mass is 32.2. The van der Waals surface area contributed by atoms with E-state index in [1.807, 2.05) is 11.8 Å². The summed E-state index contributed by atoms with van der Waals surface area (Å²) in [6.07, 6.45) is 7.68. The van der Waals surface area contributed by atoms with E-state index >= 15 is 0 Å². The summed E-state index contributed by atoms with van der Waals surface area (Å²) in [5.41, 5.74) is 9.35. The van der Waals surface area contributed by atoms with Crippen molar-refractivity contribution in [1.82, 2.24) is 14.7 Å². The van der Waals surface area contributed by atoms with Crippen LogP contribution in [-0.2, 0) is 21.5 Å². The van der Waals surface area contributed by atoms with Crippen LogP contribution in [0.4, 0.5) is 0 Å². The molecular weight excluding hydrogens is 456 g/mol. The molecule has 2 atom stereocenters. The third-order valence-corrected chi connectivity index (χ3v) is 9.77. The van der Waals surface area contributed by atoms with Crippen LogP contribution in [0, 0.1) is 0 Å². The van der Waals surface area contributed by atoms with E-state index in [0.717, 1.165) is 69.5 Å². The Morgan fingerprint density at radius 2 is 1.77 bits per heavy atom. The molecule has 4 heterocycles. The van der Waals surface area contributed by atoms with Crippen molar-refractivity contribution < 1.29 is 9.59 Å². The smallest absolute Gasteiger partial charge is 0.262 e. The van der Waals surface area contributed by atoms with Crippen LogP contribution in [0.2, 0.25) is 0 Å². The summed E-state index contributed by atoms with van der Waals surface area (Å²) in [7, 11) is 0. The Hall–Kier alpha value is -2.25. The number of hydrogen-bond acceptors (Lipinski definition) is 5. The number of nitrogens with zero attached hydrogens (tertiary/aromatic N) is 3. The normalized spacial score (nSPS) is 28.5. The maximum absolute atomic E-state index is 13.6.